The number of halogens is 3. The van der Waals surface area contributed by atoms with E-state index >= 15 is 8.78 Å². The van der Waals surface area contributed by atoms with E-state index in [0.717, 1.165) is 75.9 Å². The lowest BCUT2D eigenvalue weighted by Crippen LogP contribution is -2.67. The first-order valence-electron chi connectivity index (χ1n) is 22.5. The maximum absolute atomic E-state index is 15.1. The molecule has 0 aromatic rings. The normalized spacial score (nSPS) is 22.3. The Morgan fingerprint density at radius 3 is 1.00 bits per heavy atom. The van der Waals surface area contributed by atoms with Crippen molar-refractivity contribution in [2.75, 3.05) is 0 Å². The van der Waals surface area contributed by atoms with E-state index in [2.05, 4.69) is 40.4 Å². The molecule has 0 radical (unpaired) electrons. The molecule has 51 heavy (non-hydrogen) atoms. The minimum atomic E-state index is -2.75. The van der Waals surface area contributed by atoms with Crippen molar-refractivity contribution < 1.29 is 25.5 Å². The predicted octanol–water partition coefficient (Wildman–Crippen LogP) is 16.0. The molecule has 306 valence electrons. The molecular formula is C42H87F3O3Si3. The first-order valence-corrected chi connectivity index (χ1v) is 30.1. The Kier molecular flexibility index (Phi) is 29.5. The number of rotatable bonds is 36. The third kappa shape index (κ3) is 26.7. The van der Waals surface area contributed by atoms with Crippen LogP contribution in [0.2, 0.25) is 37.8 Å². The highest BCUT2D eigenvalue weighted by Crippen LogP contribution is 2.40. The fourth-order valence-electron chi connectivity index (χ4n) is 8.09. The Bertz CT molecular complexity index is 766. The first kappa shape index (κ1) is 49.3. The lowest BCUT2D eigenvalue weighted by Gasteiger charge is -2.51. The molecule has 0 aromatic heterocycles. The molecule has 3 nitrogen and oxygen atoms in total. The third-order valence-electron chi connectivity index (χ3n) is 11.0. The maximum atomic E-state index is 15.1. The molecular weight excluding hydrogens is 694 g/mol. The molecule has 0 N–H and O–H groups in total. The number of unbranched alkanes of at least 4 members (excludes halogenated alkanes) is 18. The van der Waals surface area contributed by atoms with E-state index in [-0.39, 0.29) is 0 Å². The summed E-state index contributed by atoms with van der Waals surface area (Å²) in [5, 5.41) is 0. The van der Waals surface area contributed by atoms with Crippen LogP contribution in [0.15, 0.2) is 0 Å². The monoisotopic (exact) mass is 781 g/mol. The second kappa shape index (κ2) is 30.5. The van der Waals surface area contributed by atoms with Crippen LogP contribution >= 0.6 is 0 Å². The molecule has 0 bridgehead atoms. The summed E-state index contributed by atoms with van der Waals surface area (Å²) >= 11 is 0. The minimum absolute atomic E-state index is 0.546. The van der Waals surface area contributed by atoms with Gasteiger partial charge in [-0.25, -0.2) is 13.2 Å². The molecule has 4 unspecified atom stereocenters. The maximum Gasteiger partial charge on any atom is 0.320 e. The molecule has 0 aromatic carbocycles. The Hall–Kier alpha value is 0.321. The van der Waals surface area contributed by atoms with Crippen LogP contribution in [0.4, 0.5) is 13.2 Å². The summed E-state index contributed by atoms with van der Waals surface area (Å²) in [4.78, 5) is 0. The van der Waals surface area contributed by atoms with Gasteiger partial charge in [-0.15, -0.1) is 0 Å². The van der Waals surface area contributed by atoms with Crippen LogP contribution in [0.25, 0.3) is 0 Å². The van der Waals surface area contributed by atoms with E-state index in [0.29, 0.717) is 38.5 Å². The van der Waals surface area contributed by atoms with Gasteiger partial charge < -0.3 is 12.3 Å². The lowest BCUT2D eigenvalue weighted by atomic mass is 10.0. The fraction of sp³-hybridized carbons (Fsp3) is 1.00. The summed E-state index contributed by atoms with van der Waals surface area (Å²) in [5.74, 6) is 0. The summed E-state index contributed by atoms with van der Waals surface area (Å²) in [6, 6.07) is 2.28. The van der Waals surface area contributed by atoms with E-state index in [4.69, 9.17) is 12.3 Å². The van der Waals surface area contributed by atoms with E-state index < -0.39 is 44.2 Å². The van der Waals surface area contributed by atoms with Gasteiger partial charge in [0.2, 0.25) is 0 Å². The number of hydrogen-bond acceptors (Lipinski definition) is 3. The molecule has 1 aliphatic heterocycles. The Morgan fingerprint density at radius 2 is 0.647 bits per heavy atom. The van der Waals surface area contributed by atoms with Crippen LogP contribution in [0.5, 0.6) is 0 Å². The summed E-state index contributed by atoms with van der Waals surface area (Å²) in [5.41, 5.74) is 0. The van der Waals surface area contributed by atoms with Gasteiger partial charge in [0.1, 0.15) is 18.5 Å². The van der Waals surface area contributed by atoms with Gasteiger partial charge >= 0.3 is 25.7 Å². The van der Waals surface area contributed by atoms with Crippen LogP contribution in [-0.2, 0) is 12.3 Å². The zero-order valence-corrected chi connectivity index (χ0v) is 37.9. The third-order valence-corrected chi connectivity index (χ3v) is 24.8. The molecule has 0 amide bonds. The smallest absolute Gasteiger partial charge is 0.320 e. The molecule has 9 heteroatoms. The molecule has 0 saturated carbocycles. The first-order chi connectivity index (χ1) is 24.5. The van der Waals surface area contributed by atoms with E-state index in [1.54, 1.807) is 0 Å². The van der Waals surface area contributed by atoms with Crippen molar-refractivity contribution in [3.05, 3.63) is 0 Å². The summed E-state index contributed by atoms with van der Waals surface area (Å²) < 4.78 is 65.7. The fourth-order valence-corrected chi connectivity index (χ4v) is 25.6. The highest BCUT2D eigenvalue weighted by Gasteiger charge is 2.56. The lowest BCUT2D eigenvalue weighted by molar-refractivity contribution is 0.212. The standard InChI is InChI=1S/C42H87F3O3Si3/c1-7-10-13-16-19-22-25-31-40(43)34-28-37-50(6)46-49(4,5)47-51(48-50,38-29-35-41(44)32-26-23-20-17-14-11-8-2)39-30-36-42(45)33-27-24-21-18-15-12-9-3/h40-42H,7-39H2,1-6H3. The van der Waals surface area contributed by atoms with Crippen LogP contribution in [0.1, 0.15) is 213 Å². The van der Waals surface area contributed by atoms with Gasteiger partial charge in [-0.3, -0.25) is 0 Å². The van der Waals surface area contributed by atoms with Crippen LogP contribution in [0.3, 0.4) is 0 Å². The van der Waals surface area contributed by atoms with Crippen molar-refractivity contribution in [2.45, 2.75) is 270 Å². The Labute approximate surface area is 319 Å². The van der Waals surface area contributed by atoms with Crippen LogP contribution < -0.4 is 0 Å². The molecule has 4 atom stereocenters. The van der Waals surface area contributed by atoms with Crippen molar-refractivity contribution in [3.8, 4) is 0 Å². The van der Waals surface area contributed by atoms with Gasteiger partial charge in [-0.05, 0) is 95.6 Å². The molecule has 0 spiro atoms. The Balaban J connectivity index is 2.71. The summed E-state index contributed by atoms with van der Waals surface area (Å²) in [6.45, 7) is 13.1. The highest BCUT2D eigenvalue weighted by atomic mass is 28.5. The zero-order chi connectivity index (χ0) is 37.7. The van der Waals surface area contributed by atoms with Gasteiger partial charge in [-0.1, -0.05) is 156 Å². The number of hydrogen-bond donors (Lipinski definition) is 0. The number of alkyl halides is 3. The SMILES string of the molecule is CCCCCCCCCC(F)CCC[Si]1(C)O[Si](C)(C)O[Si](CCCC(F)CCCCCCCCC)(CCCC(F)CCCCCCCCC)O1. The second-order valence-corrected chi connectivity index (χ2v) is 27.8. The predicted molar refractivity (Wildman–Crippen MR) is 223 cm³/mol. The van der Waals surface area contributed by atoms with Crippen molar-refractivity contribution in [1.29, 1.82) is 0 Å². The molecule has 1 heterocycles. The Morgan fingerprint density at radius 1 is 0.353 bits per heavy atom. The van der Waals surface area contributed by atoms with E-state index in [1.807, 2.05) is 0 Å². The molecule has 1 aliphatic rings. The topological polar surface area (TPSA) is 27.7 Å². The molecule has 1 saturated heterocycles. The molecule has 1 fully saturated rings. The largest absolute Gasteiger partial charge is 0.416 e. The quantitative estimate of drug-likeness (QED) is 0.0468. The van der Waals surface area contributed by atoms with Gasteiger partial charge in [-0.2, -0.15) is 0 Å². The van der Waals surface area contributed by atoms with Crippen LogP contribution in [-0.4, -0.2) is 44.2 Å². The molecule has 0 aliphatic carbocycles. The van der Waals surface area contributed by atoms with Crippen molar-refractivity contribution >= 4 is 25.7 Å². The van der Waals surface area contributed by atoms with Crippen LogP contribution in [0, 0.1) is 0 Å². The minimum Gasteiger partial charge on any atom is -0.416 e. The average molecular weight is 781 g/mol. The van der Waals surface area contributed by atoms with Gasteiger partial charge in [0.05, 0.1) is 0 Å². The molecule has 1 rings (SSSR count). The van der Waals surface area contributed by atoms with E-state index in [9.17, 15) is 4.39 Å². The average Bonchev–Trinajstić information content (AvgIpc) is 3.06. The summed E-state index contributed by atoms with van der Waals surface area (Å²) in [6.07, 6.45) is 28.8. The van der Waals surface area contributed by atoms with Gasteiger partial charge in [0.15, 0.2) is 0 Å². The van der Waals surface area contributed by atoms with E-state index in [1.165, 1.54) is 96.3 Å². The zero-order valence-electron chi connectivity index (χ0n) is 34.9. The summed E-state index contributed by atoms with van der Waals surface area (Å²) in [7, 11) is -7.86. The van der Waals surface area contributed by atoms with Crippen molar-refractivity contribution in [2.24, 2.45) is 0 Å². The van der Waals surface area contributed by atoms with Crippen molar-refractivity contribution in [1.82, 2.24) is 0 Å². The van der Waals surface area contributed by atoms with Gasteiger partial charge in [0.25, 0.3) is 0 Å². The van der Waals surface area contributed by atoms with Gasteiger partial charge in [0, 0.05) is 0 Å². The highest BCUT2D eigenvalue weighted by molar-refractivity contribution is 6.93. The van der Waals surface area contributed by atoms with Crippen molar-refractivity contribution in [3.63, 3.8) is 0 Å². The second-order valence-electron chi connectivity index (χ2n) is 16.9.